The van der Waals surface area contributed by atoms with E-state index < -0.39 is 17.7 Å². The van der Waals surface area contributed by atoms with Crippen LogP contribution in [0.15, 0.2) is 30.9 Å². The largest absolute Gasteiger partial charge is 0.387 e. The molecule has 1 aromatic carbocycles. The zero-order chi connectivity index (χ0) is 15.5. The standard InChI is InChI=1S/C15H18F2N4O/c16-11-3-4-13(14(17)6-11)15(22)8-20-5-1-2-12(20)7-21-10-18-9-19-21/h3-4,6,9-10,12,15,22H,1-2,5,7-8H2/t12-,15+/m1/s1. The van der Waals surface area contributed by atoms with Gasteiger partial charge in [-0.2, -0.15) is 5.10 Å². The lowest BCUT2D eigenvalue weighted by atomic mass is 10.1. The fourth-order valence-corrected chi connectivity index (χ4v) is 2.98. The Labute approximate surface area is 127 Å². The molecular formula is C15H18F2N4O. The van der Waals surface area contributed by atoms with E-state index in [0.29, 0.717) is 13.1 Å². The van der Waals surface area contributed by atoms with Crippen LogP contribution in [-0.4, -0.2) is 43.9 Å². The van der Waals surface area contributed by atoms with Gasteiger partial charge in [0, 0.05) is 24.2 Å². The van der Waals surface area contributed by atoms with Gasteiger partial charge in [0.2, 0.25) is 0 Å². The summed E-state index contributed by atoms with van der Waals surface area (Å²) >= 11 is 0. The maximum atomic E-state index is 13.7. The summed E-state index contributed by atoms with van der Waals surface area (Å²) in [7, 11) is 0. The van der Waals surface area contributed by atoms with Gasteiger partial charge in [0.1, 0.15) is 24.3 Å². The Kier molecular flexibility index (Phi) is 4.44. The van der Waals surface area contributed by atoms with E-state index >= 15 is 0 Å². The normalized spacial score (nSPS) is 20.4. The van der Waals surface area contributed by atoms with Crippen molar-refractivity contribution in [3.05, 3.63) is 48.1 Å². The average molecular weight is 308 g/mol. The highest BCUT2D eigenvalue weighted by atomic mass is 19.1. The molecule has 0 bridgehead atoms. The zero-order valence-electron chi connectivity index (χ0n) is 12.1. The Hall–Kier alpha value is -1.86. The molecule has 0 amide bonds. The minimum absolute atomic E-state index is 0.132. The van der Waals surface area contributed by atoms with Gasteiger partial charge in [-0.1, -0.05) is 6.07 Å². The average Bonchev–Trinajstić information content (AvgIpc) is 3.12. The van der Waals surface area contributed by atoms with Gasteiger partial charge < -0.3 is 5.11 Å². The van der Waals surface area contributed by atoms with Gasteiger partial charge in [-0.3, -0.25) is 9.58 Å². The van der Waals surface area contributed by atoms with Crippen LogP contribution in [0.25, 0.3) is 0 Å². The predicted octanol–water partition coefficient (Wildman–Crippen LogP) is 1.75. The van der Waals surface area contributed by atoms with Gasteiger partial charge in [0.05, 0.1) is 12.6 Å². The van der Waals surface area contributed by atoms with Gasteiger partial charge >= 0.3 is 0 Å². The predicted molar refractivity (Wildman–Crippen MR) is 75.9 cm³/mol. The van der Waals surface area contributed by atoms with Crippen LogP contribution in [-0.2, 0) is 6.54 Å². The maximum absolute atomic E-state index is 13.7. The van der Waals surface area contributed by atoms with Crippen molar-refractivity contribution in [3.63, 3.8) is 0 Å². The fraction of sp³-hybridized carbons (Fsp3) is 0.467. The molecule has 0 radical (unpaired) electrons. The van der Waals surface area contributed by atoms with Crippen molar-refractivity contribution in [2.24, 2.45) is 0 Å². The number of β-amino-alcohol motifs (C(OH)–C–C–N with tert-alkyl or cyclic N) is 1. The Morgan fingerprint density at radius 1 is 1.36 bits per heavy atom. The van der Waals surface area contributed by atoms with Crippen LogP contribution >= 0.6 is 0 Å². The molecule has 7 heteroatoms. The van der Waals surface area contributed by atoms with Crippen LogP contribution in [0.3, 0.4) is 0 Å². The quantitative estimate of drug-likeness (QED) is 0.914. The Balaban J connectivity index is 1.65. The van der Waals surface area contributed by atoms with E-state index in [2.05, 4.69) is 15.0 Å². The molecule has 0 unspecified atom stereocenters. The summed E-state index contributed by atoms with van der Waals surface area (Å²) in [6, 6.07) is 3.51. The van der Waals surface area contributed by atoms with Crippen molar-refractivity contribution < 1.29 is 13.9 Å². The van der Waals surface area contributed by atoms with E-state index in [1.165, 1.54) is 18.5 Å². The van der Waals surface area contributed by atoms with Crippen LogP contribution in [0.1, 0.15) is 24.5 Å². The van der Waals surface area contributed by atoms with E-state index in [-0.39, 0.29) is 11.6 Å². The Morgan fingerprint density at radius 2 is 2.23 bits per heavy atom. The zero-order valence-corrected chi connectivity index (χ0v) is 12.1. The number of halogens is 2. The summed E-state index contributed by atoms with van der Waals surface area (Å²) in [6.45, 7) is 1.86. The second-order valence-corrected chi connectivity index (χ2v) is 5.59. The second-order valence-electron chi connectivity index (χ2n) is 5.59. The molecule has 118 valence electrons. The minimum Gasteiger partial charge on any atom is -0.387 e. The third-order valence-electron chi connectivity index (χ3n) is 4.09. The lowest BCUT2D eigenvalue weighted by Crippen LogP contribution is -2.36. The van der Waals surface area contributed by atoms with Crippen LogP contribution in [0.2, 0.25) is 0 Å². The second kappa shape index (κ2) is 6.50. The summed E-state index contributed by atoms with van der Waals surface area (Å²) < 4.78 is 28.4. The van der Waals surface area contributed by atoms with Crippen LogP contribution in [0.5, 0.6) is 0 Å². The molecule has 22 heavy (non-hydrogen) atoms. The van der Waals surface area contributed by atoms with E-state index in [0.717, 1.165) is 25.5 Å². The van der Waals surface area contributed by atoms with Crippen molar-refractivity contribution in [1.82, 2.24) is 19.7 Å². The molecule has 1 saturated heterocycles. The van der Waals surface area contributed by atoms with Gasteiger partial charge in [-0.15, -0.1) is 0 Å². The molecule has 3 rings (SSSR count). The number of rotatable bonds is 5. The van der Waals surface area contributed by atoms with Gasteiger partial charge in [0.25, 0.3) is 0 Å². The number of aliphatic hydroxyl groups excluding tert-OH is 1. The first-order chi connectivity index (χ1) is 10.6. The number of aromatic nitrogens is 3. The number of likely N-dealkylation sites (tertiary alicyclic amines) is 1. The molecule has 5 nitrogen and oxygen atoms in total. The monoisotopic (exact) mass is 308 g/mol. The van der Waals surface area contributed by atoms with E-state index in [1.54, 1.807) is 11.0 Å². The third-order valence-corrected chi connectivity index (χ3v) is 4.09. The van der Waals surface area contributed by atoms with Crippen molar-refractivity contribution in [2.75, 3.05) is 13.1 Å². The van der Waals surface area contributed by atoms with Crippen molar-refractivity contribution >= 4 is 0 Å². The topological polar surface area (TPSA) is 54.2 Å². The van der Waals surface area contributed by atoms with Gasteiger partial charge in [0.15, 0.2) is 0 Å². The lowest BCUT2D eigenvalue weighted by Gasteiger charge is -2.27. The van der Waals surface area contributed by atoms with E-state index in [4.69, 9.17) is 0 Å². The van der Waals surface area contributed by atoms with Crippen LogP contribution in [0.4, 0.5) is 8.78 Å². The Bertz CT molecular complexity index is 620. The number of aliphatic hydroxyl groups is 1. The number of nitrogens with zero attached hydrogens (tertiary/aromatic N) is 4. The SMILES string of the molecule is O[C@@H](CN1CCC[C@@H]1Cn1cncn1)c1ccc(F)cc1F. The van der Waals surface area contributed by atoms with Crippen molar-refractivity contribution in [3.8, 4) is 0 Å². The number of hydrogen-bond donors (Lipinski definition) is 1. The maximum Gasteiger partial charge on any atom is 0.137 e. The molecule has 2 heterocycles. The Morgan fingerprint density at radius 3 is 2.95 bits per heavy atom. The van der Waals surface area contributed by atoms with Crippen LogP contribution < -0.4 is 0 Å². The smallest absolute Gasteiger partial charge is 0.137 e. The molecule has 1 N–H and O–H groups in total. The first kappa shape index (κ1) is 15.1. The summed E-state index contributed by atoms with van der Waals surface area (Å²) in [6.07, 6.45) is 4.20. The molecule has 1 aliphatic heterocycles. The molecule has 0 spiro atoms. The highest BCUT2D eigenvalue weighted by Gasteiger charge is 2.28. The first-order valence-electron chi connectivity index (χ1n) is 7.33. The number of hydrogen-bond acceptors (Lipinski definition) is 4. The molecule has 0 saturated carbocycles. The molecule has 2 aromatic rings. The molecule has 1 fully saturated rings. The third kappa shape index (κ3) is 3.31. The molecule has 0 aliphatic carbocycles. The molecule has 2 atom stereocenters. The lowest BCUT2D eigenvalue weighted by molar-refractivity contribution is 0.0977. The molecule has 1 aliphatic rings. The minimum atomic E-state index is -0.975. The summed E-state index contributed by atoms with van der Waals surface area (Å²) in [5.74, 6) is -1.35. The first-order valence-corrected chi connectivity index (χ1v) is 7.33. The van der Waals surface area contributed by atoms with Gasteiger partial charge in [-0.25, -0.2) is 13.8 Å². The van der Waals surface area contributed by atoms with Crippen LogP contribution in [0, 0.1) is 11.6 Å². The van der Waals surface area contributed by atoms with Crippen molar-refractivity contribution in [2.45, 2.75) is 31.5 Å². The summed E-state index contributed by atoms with van der Waals surface area (Å²) in [5.41, 5.74) is 0.132. The molecule has 1 aromatic heterocycles. The fourth-order valence-electron chi connectivity index (χ4n) is 2.98. The summed E-state index contributed by atoms with van der Waals surface area (Å²) in [5, 5.41) is 14.3. The van der Waals surface area contributed by atoms with Crippen molar-refractivity contribution in [1.29, 1.82) is 0 Å². The number of benzene rings is 1. The van der Waals surface area contributed by atoms with Gasteiger partial charge in [-0.05, 0) is 25.5 Å². The summed E-state index contributed by atoms with van der Waals surface area (Å²) in [4.78, 5) is 6.04. The highest BCUT2D eigenvalue weighted by Crippen LogP contribution is 2.24. The van der Waals surface area contributed by atoms with E-state index in [1.807, 2.05) is 0 Å². The molecular weight excluding hydrogens is 290 g/mol. The highest BCUT2D eigenvalue weighted by molar-refractivity contribution is 5.21. The van der Waals surface area contributed by atoms with E-state index in [9.17, 15) is 13.9 Å².